The number of nitrogens with zero attached hydrogens (tertiary/aromatic N) is 7. The minimum Gasteiger partial charge on any atom is -0.465 e. The average Bonchev–Trinajstić information content (AvgIpc) is 3.36. The third-order valence-corrected chi connectivity index (χ3v) is 5.82. The van der Waals surface area contributed by atoms with Crippen LogP contribution in [0, 0.1) is 11.8 Å². The molecule has 2 fully saturated rings. The van der Waals surface area contributed by atoms with Gasteiger partial charge in [0.1, 0.15) is 0 Å². The molecule has 144 valence electrons. The number of hydrogen-bond donors (Lipinski definition) is 1. The quantitative estimate of drug-likeness (QED) is 0.718. The second kappa shape index (κ2) is 7.10. The number of anilines is 1. The molecular formula is C15H19N7O4S. The van der Waals surface area contributed by atoms with E-state index in [1.54, 1.807) is 13.1 Å². The summed E-state index contributed by atoms with van der Waals surface area (Å²) < 4.78 is 4.87. The largest absolute Gasteiger partial charge is 0.465 e. The first-order valence-electron chi connectivity index (χ1n) is 8.66. The molecule has 2 aromatic rings. The summed E-state index contributed by atoms with van der Waals surface area (Å²) in [5.41, 5.74) is 0. The molecule has 4 heterocycles. The number of hydrogen-bond acceptors (Lipinski definition) is 9. The third kappa shape index (κ3) is 3.56. The molecule has 2 aromatic heterocycles. The van der Waals surface area contributed by atoms with Gasteiger partial charge in [0, 0.05) is 38.0 Å². The van der Waals surface area contributed by atoms with Crippen LogP contribution in [0.2, 0.25) is 0 Å². The maximum atomic E-state index is 11.5. The molecule has 0 aromatic carbocycles. The van der Waals surface area contributed by atoms with Gasteiger partial charge in [0.15, 0.2) is 11.7 Å². The summed E-state index contributed by atoms with van der Waals surface area (Å²) in [6.07, 6.45) is 0.855. The number of amides is 1. The van der Waals surface area contributed by atoms with E-state index >= 15 is 0 Å². The van der Waals surface area contributed by atoms with Gasteiger partial charge in [0.25, 0.3) is 0 Å². The van der Waals surface area contributed by atoms with E-state index in [1.165, 1.54) is 21.0 Å². The van der Waals surface area contributed by atoms with Crippen LogP contribution in [0.4, 0.5) is 9.93 Å². The summed E-state index contributed by atoms with van der Waals surface area (Å²) in [4.78, 5) is 32.7. The summed E-state index contributed by atoms with van der Waals surface area (Å²) in [6, 6.07) is 0. The van der Waals surface area contributed by atoms with Crippen molar-refractivity contribution in [1.82, 2.24) is 30.1 Å². The fourth-order valence-electron chi connectivity index (χ4n) is 3.55. The molecule has 2 aliphatic rings. The SMILES string of the molecule is CCOC(=O)Cn1nnc(-c2cnc(N3CC4CN(C(=O)O)CC4C3)s2)n1. The fraction of sp³-hybridized carbons (Fsp3) is 0.600. The zero-order valence-corrected chi connectivity index (χ0v) is 15.5. The van der Waals surface area contributed by atoms with Gasteiger partial charge in [-0.2, -0.15) is 4.80 Å². The van der Waals surface area contributed by atoms with Crippen LogP contribution in [-0.2, 0) is 16.1 Å². The highest BCUT2D eigenvalue weighted by molar-refractivity contribution is 7.18. The second-order valence-corrected chi connectivity index (χ2v) is 7.58. The number of carboxylic acid groups (broad SMARTS) is 1. The van der Waals surface area contributed by atoms with Crippen LogP contribution in [0.5, 0.6) is 0 Å². The summed E-state index contributed by atoms with van der Waals surface area (Å²) in [6.45, 7) is 4.72. The van der Waals surface area contributed by atoms with Crippen molar-refractivity contribution in [1.29, 1.82) is 0 Å². The molecule has 0 aliphatic carbocycles. The van der Waals surface area contributed by atoms with Crippen molar-refractivity contribution >= 4 is 28.5 Å². The van der Waals surface area contributed by atoms with E-state index in [2.05, 4.69) is 25.3 Å². The van der Waals surface area contributed by atoms with Gasteiger partial charge < -0.3 is 19.6 Å². The molecule has 4 rings (SSSR count). The molecule has 2 aliphatic heterocycles. The van der Waals surface area contributed by atoms with Gasteiger partial charge in [-0.05, 0) is 12.1 Å². The molecule has 27 heavy (non-hydrogen) atoms. The predicted octanol–water partition coefficient (Wildman–Crippen LogP) is 0.406. The summed E-state index contributed by atoms with van der Waals surface area (Å²) in [5.74, 6) is 0.694. The van der Waals surface area contributed by atoms with E-state index < -0.39 is 12.1 Å². The Morgan fingerprint density at radius 1 is 1.30 bits per heavy atom. The summed E-state index contributed by atoms with van der Waals surface area (Å²) >= 11 is 1.46. The van der Waals surface area contributed by atoms with Crippen LogP contribution < -0.4 is 4.90 Å². The normalized spacial score (nSPS) is 21.5. The highest BCUT2D eigenvalue weighted by Crippen LogP contribution is 2.37. The van der Waals surface area contributed by atoms with Crippen LogP contribution in [0.1, 0.15) is 6.92 Å². The van der Waals surface area contributed by atoms with Crippen LogP contribution in [0.3, 0.4) is 0 Å². The Morgan fingerprint density at radius 2 is 2.04 bits per heavy atom. The Hall–Kier alpha value is -2.76. The number of fused-ring (bicyclic) bond motifs is 1. The van der Waals surface area contributed by atoms with Gasteiger partial charge in [0.05, 0.1) is 17.7 Å². The molecule has 2 saturated heterocycles. The molecule has 12 heteroatoms. The molecule has 0 spiro atoms. The predicted molar refractivity (Wildman–Crippen MR) is 94.3 cm³/mol. The lowest BCUT2D eigenvalue weighted by Crippen LogP contribution is -2.32. The summed E-state index contributed by atoms with van der Waals surface area (Å²) in [7, 11) is 0. The van der Waals surface area contributed by atoms with Crippen molar-refractivity contribution in [3.05, 3.63) is 6.20 Å². The number of ether oxygens (including phenoxy) is 1. The third-order valence-electron chi connectivity index (χ3n) is 4.77. The van der Waals surface area contributed by atoms with E-state index in [9.17, 15) is 9.59 Å². The van der Waals surface area contributed by atoms with Crippen molar-refractivity contribution in [2.45, 2.75) is 13.5 Å². The van der Waals surface area contributed by atoms with Crippen LogP contribution >= 0.6 is 11.3 Å². The van der Waals surface area contributed by atoms with E-state index in [-0.39, 0.29) is 6.54 Å². The van der Waals surface area contributed by atoms with Gasteiger partial charge in [0.2, 0.25) is 5.82 Å². The monoisotopic (exact) mass is 393 g/mol. The number of rotatable bonds is 5. The molecule has 11 nitrogen and oxygen atoms in total. The molecule has 0 bridgehead atoms. The topological polar surface area (TPSA) is 127 Å². The average molecular weight is 393 g/mol. The number of carbonyl (C=O) groups is 2. The number of carbonyl (C=O) groups excluding carboxylic acids is 1. The van der Waals surface area contributed by atoms with E-state index in [4.69, 9.17) is 9.84 Å². The smallest absolute Gasteiger partial charge is 0.407 e. The minimum atomic E-state index is -0.843. The van der Waals surface area contributed by atoms with Gasteiger partial charge in [-0.1, -0.05) is 11.3 Å². The standard InChI is InChI=1S/C15H19N7O4S/c1-2-26-12(23)8-22-18-13(17-19-22)11-3-16-14(27-11)20-4-9-6-21(15(24)25)7-10(9)5-20/h3,9-10H,2,4-8H2,1H3,(H,24,25). The zero-order valence-electron chi connectivity index (χ0n) is 14.7. The van der Waals surface area contributed by atoms with E-state index in [0.717, 1.165) is 23.1 Å². The van der Waals surface area contributed by atoms with Crippen molar-refractivity contribution in [3.8, 4) is 10.7 Å². The second-order valence-electron chi connectivity index (χ2n) is 6.57. The Balaban J connectivity index is 1.39. The van der Waals surface area contributed by atoms with Crippen molar-refractivity contribution < 1.29 is 19.4 Å². The Morgan fingerprint density at radius 3 is 2.70 bits per heavy atom. The van der Waals surface area contributed by atoms with E-state index in [1.807, 2.05) is 0 Å². The minimum absolute atomic E-state index is 0.0813. The van der Waals surface area contributed by atoms with Crippen molar-refractivity contribution in [2.24, 2.45) is 11.8 Å². The molecule has 2 unspecified atom stereocenters. The Kier molecular flexibility index (Phi) is 4.64. The number of esters is 1. The van der Waals surface area contributed by atoms with Crippen LogP contribution in [-0.4, -0.2) is 80.0 Å². The van der Waals surface area contributed by atoms with Gasteiger partial charge >= 0.3 is 12.1 Å². The van der Waals surface area contributed by atoms with Crippen LogP contribution in [0.15, 0.2) is 6.20 Å². The Labute approximate surface area is 158 Å². The van der Waals surface area contributed by atoms with Gasteiger partial charge in [-0.25, -0.2) is 14.6 Å². The van der Waals surface area contributed by atoms with Gasteiger partial charge in [-0.3, -0.25) is 0 Å². The Bertz CT molecular complexity index is 839. The maximum Gasteiger partial charge on any atom is 0.407 e. The van der Waals surface area contributed by atoms with Crippen LogP contribution in [0.25, 0.3) is 10.7 Å². The number of aromatic nitrogens is 5. The fourth-order valence-corrected chi connectivity index (χ4v) is 4.41. The lowest BCUT2D eigenvalue weighted by Gasteiger charge is -2.19. The van der Waals surface area contributed by atoms with Crippen molar-refractivity contribution in [3.63, 3.8) is 0 Å². The molecule has 0 radical (unpaired) electrons. The maximum absolute atomic E-state index is 11.5. The molecule has 0 saturated carbocycles. The number of tetrazole rings is 1. The first-order chi connectivity index (χ1) is 13.0. The molecule has 2 atom stereocenters. The zero-order chi connectivity index (χ0) is 19.0. The molecule has 1 amide bonds. The highest BCUT2D eigenvalue weighted by atomic mass is 32.1. The van der Waals surface area contributed by atoms with Crippen molar-refractivity contribution in [2.75, 3.05) is 37.7 Å². The lowest BCUT2D eigenvalue weighted by molar-refractivity contribution is -0.144. The first kappa shape index (κ1) is 17.6. The molecule has 1 N–H and O–H groups in total. The molecular weight excluding hydrogens is 374 g/mol. The summed E-state index contributed by atoms with van der Waals surface area (Å²) in [5, 5.41) is 22.0. The number of thiazole rings is 1. The van der Waals surface area contributed by atoms with E-state index in [0.29, 0.717) is 37.4 Å². The highest BCUT2D eigenvalue weighted by Gasteiger charge is 2.42. The first-order valence-corrected chi connectivity index (χ1v) is 9.47. The lowest BCUT2D eigenvalue weighted by atomic mass is 10.0. The van der Waals surface area contributed by atoms with Gasteiger partial charge in [-0.15, -0.1) is 10.2 Å². The number of likely N-dealkylation sites (tertiary alicyclic amines) is 1.